The molecule has 2 aromatic rings. The van der Waals surface area contributed by atoms with Crippen LogP contribution >= 0.6 is 0 Å². The van der Waals surface area contributed by atoms with Crippen LogP contribution in [0.15, 0.2) is 42.5 Å². The predicted molar refractivity (Wildman–Crippen MR) is 119 cm³/mol. The molecule has 2 heterocycles. The maximum absolute atomic E-state index is 14.1. The minimum Gasteiger partial charge on any atom is -0.508 e. The van der Waals surface area contributed by atoms with Crippen LogP contribution in [0.2, 0.25) is 0 Å². The van der Waals surface area contributed by atoms with Gasteiger partial charge in [-0.1, -0.05) is 18.2 Å². The van der Waals surface area contributed by atoms with Crippen molar-refractivity contribution < 1.29 is 23.8 Å². The molecule has 7 heteroatoms. The number of anilines is 1. The van der Waals surface area contributed by atoms with Crippen molar-refractivity contribution in [3.63, 3.8) is 0 Å². The molecule has 4 rings (SSSR count). The summed E-state index contributed by atoms with van der Waals surface area (Å²) in [5.41, 5.74) is 3.87. The summed E-state index contributed by atoms with van der Waals surface area (Å²) in [5, 5.41) is 19.1. The Kier molecular flexibility index (Phi) is 6.12. The van der Waals surface area contributed by atoms with Crippen LogP contribution in [-0.2, 0) is 11.2 Å². The second-order valence-corrected chi connectivity index (χ2v) is 9.27. The number of hydrogen-bond donors (Lipinski definition) is 2. The maximum atomic E-state index is 14.1. The molecule has 0 amide bonds. The number of phenols is 1. The lowest BCUT2D eigenvalue weighted by Gasteiger charge is -2.43. The molecule has 2 atom stereocenters. The maximum Gasteiger partial charge on any atom is 0.306 e. The summed E-state index contributed by atoms with van der Waals surface area (Å²) >= 11 is 0. The van der Waals surface area contributed by atoms with Gasteiger partial charge in [-0.2, -0.15) is 0 Å². The smallest absolute Gasteiger partial charge is 0.306 e. The lowest BCUT2D eigenvalue weighted by molar-refractivity contribution is -0.142. The molecule has 2 aliphatic rings. The van der Waals surface area contributed by atoms with E-state index in [0.29, 0.717) is 32.4 Å². The van der Waals surface area contributed by atoms with E-state index in [4.69, 9.17) is 0 Å². The molecule has 2 aromatic carbocycles. The summed E-state index contributed by atoms with van der Waals surface area (Å²) in [5.74, 6) is -3.66. The van der Waals surface area contributed by atoms with Crippen molar-refractivity contribution in [2.24, 2.45) is 5.92 Å². The number of aliphatic carboxylic acids is 1. The zero-order chi connectivity index (χ0) is 23.0. The van der Waals surface area contributed by atoms with Crippen LogP contribution in [0.3, 0.4) is 0 Å². The highest BCUT2D eigenvalue weighted by molar-refractivity contribution is 5.70. The molecule has 1 saturated heterocycles. The average molecular weight is 445 g/mol. The fraction of sp³-hybridized carbons (Fsp3) is 0.480. The molecule has 32 heavy (non-hydrogen) atoms. The number of phenolic OH excluding ortho intramolecular Hbond substituents is 1. The van der Waals surface area contributed by atoms with Crippen LogP contribution in [-0.4, -0.2) is 52.7 Å². The first-order valence-electron chi connectivity index (χ1n) is 11.2. The Hall–Kier alpha value is -2.67. The van der Waals surface area contributed by atoms with Crippen molar-refractivity contribution in [3.05, 3.63) is 59.2 Å². The van der Waals surface area contributed by atoms with E-state index >= 15 is 0 Å². The molecule has 2 aliphatic heterocycles. The molecular weight excluding hydrogens is 414 g/mol. The van der Waals surface area contributed by atoms with Crippen molar-refractivity contribution >= 4 is 11.7 Å². The third-order valence-corrected chi connectivity index (χ3v) is 6.71. The molecule has 0 saturated carbocycles. The van der Waals surface area contributed by atoms with Crippen LogP contribution in [0.25, 0.3) is 0 Å². The summed E-state index contributed by atoms with van der Waals surface area (Å²) < 4.78 is 28.1. The van der Waals surface area contributed by atoms with Crippen molar-refractivity contribution in [1.29, 1.82) is 0 Å². The third-order valence-electron chi connectivity index (χ3n) is 6.71. The Morgan fingerprint density at radius 1 is 1.12 bits per heavy atom. The van der Waals surface area contributed by atoms with E-state index in [9.17, 15) is 23.8 Å². The predicted octanol–water partition coefficient (Wildman–Crippen LogP) is 4.68. The van der Waals surface area contributed by atoms with Gasteiger partial charge in [0.25, 0.3) is 5.92 Å². The van der Waals surface area contributed by atoms with Gasteiger partial charge in [0.2, 0.25) is 0 Å². The monoisotopic (exact) mass is 444 g/mol. The van der Waals surface area contributed by atoms with E-state index in [1.54, 1.807) is 12.1 Å². The summed E-state index contributed by atoms with van der Waals surface area (Å²) in [6, 6.07) is 12.7. The van der Waals surface area contributed by atoms with Gasteiger partial charge in [0.05, 0.1) is 18.5 Å². The van der Waals surface area contributed by atoms with Crippen molar-refractivity contribution in [2.45, 2.75) is 51.1 Å². The van der Waals surface area contributed by atoms with Crippen LogP contribution in [0.4, 0.5) is 14.5 Å². The SMILES string of the molecule is C[C@@H]1Cc2cc(O)ccc2[C@@H](c2ccc(N3CCC(C(=O)O)CC3)cc2)N1CC(C)(F)F. The second kappa shape index (κ2) is 8.70. The molecule has 0 bridgehead atoms. The van der Waals surface area contributed by atoms with E-state index in [0.717, 1.165) is 29.3 Å². The van der Waals surface area contributed by atoms with Gasteiger partial charge in [-0.25, -0.2) is 8.78 Å². The van der Waals surface area contributed by atoms with E-state index in [-0.39, 0.29) is 30.3 Å². The number of rotatable bonds is 5. The molecule has 1 fully saturated rings. The first kappa shape index (κ1) is 22.5. The highest BCUT2D eigenvalue weighted by Crippen LogP contribution is 2.41. The molecule has 0 radical (unpaired) electrons. The number of halogens is 2. The number of nitrogens with zero attached hydrogens (tertiary/aromatic N) is 2. The number of fused-ring (bicyclic) bond motifs is 1. The van der Waals surface area contributed by atoms with Crippen molar-refractivity contribution in [3.8, 4) is 5.75 Å². The summed E-state index contributed by atoms with van der Waals surface area (Å²) in [6.45, 7) is 3.93. The Morgan fingerprint density at radius 3 is 2.38 bits per heavy atom. The average Bonchev–Trinajstić information content (AvgIpc) is 2.74. The summed E-state index contributed by atoms with van der Waals surface area (Å²) in [4.78, 5) is 15.2. The lowest BCUT2D eigenvalue weighted by Crippen LogP contribution is -2.47. The summed E-state index contributed by atoms with van der Waals surface area (Å²) in [6.07, 6.45) is 1.84. The van der Waals surface area contributed by atoms with E-state index in [1.165, 1.54) is 0 Å². The number of carbonyl (C=O) groups is 1. The number of alkyl halides is 2. The second-order valence-electron chi connectivity index (χ2n) is 9.27. The Bertz CT molecular complexity index is 966. The van der Waals surface area contributed by atoms with Crippen LogP contribution < -0.4 is 4.90 Å². The molecule has 0 aliphatic carbocycles. The molecule has 0 spiro atoms. The molecular formula is C25H30F2N2O3. The number of aromatic hydroxyl groups is 1. The third kappa shape index (κ3) is 4.72. The quantitative estimate of drug-likeness (QED) is 0.701. The molecule has 0 aromatic heterocycles. The zero-order valence-electron chi connectivity index (χ0n) is 18.5. The van der Waals surface area contributed by atoms with Gasteiger partial charge < -0.3 is 15.1 Å². The van der Waals surface area contributed by atoms with Crippen molar-refractivity contribution in [1.82, 2.24) is 4.90 Å². The molecule has 5 nitrogen and oxygen atoms in total. The van der Waals surface area contributed by atoms with Gasteiger partial charge >= 0.3 is 5.97 Å². The number of carboxylic acids is 1. The van der Waals surface area contributed by atoms with Crippen LogP contribution in [0.1, 0.15) is 49.4 Å². The number of benzene rings is 2. The standard InChI is InChI=1S/C25H30F2N2O3/c1-16-13-19-14-21(30)7-8-22(19)23(29(16)15-25(2,26)27)17-3-5-20(6-4-17)28-11-9-18(10-12-28)24(31)32/h3-8,14,16,18,23,30H,9-13,15H2,1-2H3,(H,31,32)/t16-,23-/m1/s1. The number of hydrogen-bond acceptors (Lipinski definition) is 4. The first-order valence-corrected chi connectivity index (χ1v) is 11.2. The van der Waals surface area contributed by atoms with Gasteiger partial charge in [-0.15, -0.1) is 0 Å². The molecule has 0 unspecified atom stereocenters. The highest BCUT2D eigenvalue weighted by atomic mass is 19.3. The highest BCUT2D eigenvalue weighted by Gasteiger charge is 2.38. The van der Waals surface area contributed by atoms with E-state index in [2.05, 4.69) is 4.90 Å². The van der Waals surface area contributed by atoms with Crippen LogP contribution in [0.5, 0.6) is 5.75 Å². The number of carboxylic acid groups (broad SMARTS) is 1. The van der Waals surface area contributed by atoms with Gasteiger partial charge in [-0.3, -0.25) is 9.69 Å². The van der Waals surface area contributed by atoms with E-state index < -0.39 is 11.9 Å². The minimum atomic E-state index is -2.82. The minimum absolute atomic E-state index is 0.102. The Labute approximate surface area is 187 Å². The Balaban J connectivity index is 1.63. The van der Waals surface area contributed by atoms with Gasteiger partial charge in [0.15, 0.2) is 0 Å². The van der Waals surface area contributed by atoms with E-state index in [1.807, 2.05) is 42.2 Å². The fourth-order valence-electron chi connectivity index (χ4n) is 5.10. The number of piperidine rings is 1. The largest absolute Gasteiger partial charge is 0.508 e. The van der Waals surface area contributed by atoms with Gasteiger partial charge in [-0.05, 0) is 67.1 Å². The normalized spacial score (nSPS) is 22.6. The Morgan fingerprint density at radius 2 is 1.78 bits per heavy atom. The molecule has 2 N–H and O–H groups in total. The zero-order valence-corrected chi connectivity index (χ0v) is 18.5. The lowest BCUT2D eigenvalue weighted by atomic mass is 9.84. The fourth-order valence-corrected chi connectivity index (χ4v) is 5.10. The van der Waals surface area contributed by atoms with Gasteiger partial charge in [0, 0.05) is 31.7 Å². The van der Waals surface area contributed by atoms with Crippen LogP contribution in [0, 0.1) is 5.92 Å². The van der Waals surface area contributed by atoms with Crippen molar-refractivity contribution in [2.75, 3.05) is 24.5 Å². The summed E-state index contributed by atoms with van der Waals surface area (Å²) in [7, 11) is 0. The topological polar surface area (TPSA) is 64.0 Å². The molecule has 172 valence electrons. The van der Waals surface area contributed by atoms with Gasteiger partial charge in [0.1, 0.15) is 5.75 Å². The first-order chi connectivity index (χ1) is 15.1.